The zero-order valence-corrected chi connectivity index (χ0v) is 5.64. The van der Waals surface area contributed by atoms with Gasteiger partial charge in [0.2, 0.25) is 0 Å². The molecule has 0 radical (unpaired) electrons. The molecular formula is C7H17NO. The van der Waals surface area contributed by atoms with E-state index >= 15 is 0 Å². The van der Waals surface area contributed by atoms with Crippen molar-refractivity contribution < 1.29 is 4.79 Å². The molecule has 0 aromatic rings. The highest BCUT2D eigenvalue weighted by Crippen LogP contribution is 1.95. The molecule has 0 amide bonds. The molecule has 0 aliphatic rings. The Morgan fingerprint density at radius 3 is 1.67 bits per heavy atom. The molecule has 0 fully saturated rings. The lowest BCUT2D eigenvalue weighted by Gasteiger charge is -2.05. The van der Waals surface area contributed by atoms with Crippen LogP contribution >= 0.6 is 0 Å². The normalized spacial score (nSPS) is 12.6. The predicted molar refractivity (Wildman–Crippen MR) is 40.2 cm³/mol. The summed E-state index contributed by atoms with van der Waals surface area (Å²) in [4.78, 5) is 10.7. The Balaban J connectivity index is 0. The summed E-state index contributed by atoms with van der Waals surface area (Å²) >= 11 is 0. The van der Waals surface area contributed by atoms with Crippen LogP contribution in [0.2, 0.25) is 0 Å². The molecule has 0 aromatic heterocycles. The molecule has 0 aliphatic carbocycles. The Bertz CT molecular complexity index is 76.9. The SMILES string of the molecule is C.CC(C)C(=O)[C@H](C)N. The first-order valence-electron chi connectivity index (χ1n) is 2.85. The van der Waals surface area contributed by atoms with E-state index in [1.165, 1.54) is 0 Å². The number of nitrogens with two attached hydrogens (primary N) is 1. The minimum absolute atomic E-state index is 0. The zero-order chi connectivity index (χ0) is 6.73. The van der Waals surface area contributed by atoms with Crippen molar-refractivity contribution in [3.05, 3.63) is 0 Å². The van der Waals surface area contributed by atoms with E-state index in [1.54, 1.807) is 6.92 Å². The Morgan fingerprint density at radius 1 is 1.33 bits per heavy atom. The molecule has 0 bridgehead atoms. The molecule has 0 unspecified atom stereocenters. The highest BCUT2D eigenvalue weighted by Gasteiger charge is 2.10. The van der Waals surface area contributed by atoms with Gasteiger partial charge in [-0.2, -0.15) is 0 Å². The van der Waals surface area contributed by atoms with E-state index in [0.717, 1.165) is 0 Å². The number of hydrogen-bond donors (Lipinski definition) is 1. The van der Waals surface area contributed by atoms with Crippen molar-refractivity contribution in [2.24, 2.45) is 11.7 Å². The van der Waals surface area contributed by atoms with E-state index in [-0.39, 0.29) is 25.2 Å². The minimum atomic E-state index is -0.296. The molecule has 2 N–H and O–H groups in total. The first kappa shape index (κ1) is 11.4. The van der Waals surface area contributed by atoms with Gasteiger partial charge in [-0.25, -0.2) is 0 Å². The lowest BCUT2D eigenvalue weighted by atomic mass is 10.0. The fraction of sp³-hybridized carbons (Fsp3) is 0.857. The van der Waals surface area contributed by atoms with Gasteiger partial charge in [-0.3, -0.25) is 4.79 Å². The number of carbonyl (C=O) groups excluding carboxylic acids is 1. The standard InChI is InChI=1S/C6H13NO.CH4/c1-4(2)6(8)5(3)7;/h4-5H,7H2,1-3H3;1H4/t5-;/m0./s1. The third-order valence-corrected chi connectivity index (χ3v) is 1.02. The van der Waals surface area contributed by atoms with E-state index < -0.39 is 0 Å². The summed E-state index contributed by atoms with van der Waals surface area (Å²) in [5, 5.41) is 0. The summed E-state index contributed by atoms with van der Waals surface area (Å²) in [5.41, 5.74) is 5.29. The molecule has 0 aliphatic heterocycles. The highest BCUT2D eigenvalue weighted by molar-refractivity contribution is 5.84. The molecule has 2 heteroatoms. The fourth-order valence-electron chi connectivity index (χ4n) is 0.526. The number of hydrogen-bond acceptors (Lipinski definition) is 2. The molecule has 2 nitrogen and oxygen atoms in total. The van der Waals surface area contributed by atoms with Gasteiger partial charge in [0, 0.05) is 5.92 Å². The molecule has 0 saturated heterocycles. The van der Waals surface area contributed by atoms with E-state index in [9.17, 15) is 4.79 Å². The summed E-state index contributed by atoms with van der Waals surface area (Å²) in [7, 11) is 0. The van der Waals surface area contributed by atoms with Gasteiger partial charge >= 0.3 is 0 Å². The molecule has 0 saturated carbocycles. The van der Waals surface area contributed by atoms with Crippen molar-refractivity contribution in [2.45, 2.75) is 34.2 Å². The number of Topliss-reactive ketones (excluding diaryl/α,β-unsaturated/α-hetero) is 1. The largest absolute Gasteiger partial charge is 0.322 e. The van der Waals surface area contributed by atoms with Crippen LogP contribution in [0.5, 0.6) is 0 Å². The first-order chi connectivity index (χ1) is 3.55. The number of ketones is 1. The minimum Gasteiger partial charge on any atom is -0.322 e. The monoisotopic (exact) mass is 131 g/mol. The van der Waals surface area contributed by atoms with Crippen LogP contribution in [-0.4, -0.2) is 11.8 Å². The van der Waals surface area contributed by atoms with Crippen LogP contribution in [0.25, 0.3) is 0 Å². The second kappa shape index (κ2) is 4.50. The average Bonchev–Trinajstić information content (AvgIpc) is 1.64. The number of carbonyl (C=O) groups is 1. The Kier molecular flexibility index (Phi) is 5.72. The van der Waals surface area contributed by atoms with Gasteiger partial charge in [0.25, 0.3) is 0 Å². The van der Waals surface area contributed by atoms with Crippen molar-refractivity contribution in [3.63, 3.8) is 0 Å². The van der Waals surface area contributed by atoms with Crippen LogP contribution in [-0.2, 0) is 4.79 Å². The van der Waals surface area contributed by atoms with Crippen molar-refractivity contribution >= 4 is 5.78 Å². The summed E-state index contributed by atoms with van der Waals surface area (Å²) in [6, 6.07) is -0.296. The fourth-order valence-corrected chi connectivity index (χ4v) is 0.526. The average molecular weight is 131 g/mol. The Morgan fingerprint density at radius 2 is 1.67 bits per heavy atom. The summed E-state index contributed by atoms with van der Waals surface area (Å²) in [5.74, 6) is 0.208. The van der Waals surface area contributed by atoms with Crippen LogP contribution in [0.15, 0.2) is 0 Å². The third kappa shape index (κ3) is 4.15. The lowest BCUT2D eigenvalue weighted by Crippen LogP contribution is -2.30. The zero-order valence-electron chi connectivity index (χ0n) is 5.64. The predicted octanol–water partition coefficient (Wildman–Crippen LogP) is 1.19. The molecule has 9 heavy (non-hydrogen) atoms. The maximum atomic E-state index is 10.7. The van der Waals surface area contributed by atoms with Crippen molar-refractivity contribution in [1.82, 2.24) is 0 Å². The smallest absolute Gasteiger partial charge is 0.151 e. The van der Waals surface area contributed by atoms with Gasteiger partial charge in [0.1, 0.15) is 0 Å². The van der Waals surface area contributed by atoms with E-state index in [4.69, 9.17) is 5.73 Å². The highest BCUT2D eigenvalue weighted by atomic mass is 16.1. The molecular weight excluding hydrogens is 114 g/mol. The summed E-state index contributed by atoms with van der Waals surface area (Å²) in [6.45, 7) is 5.42. The van der Waals surface area contributed by atoms with Crippen LogP contribution in [0, 0.1) is 5.92 Å². The van der Waals surface area contributed by atoms with Gasteiger partial charge in [-0.05, 0) is 6.92 Å². The van der Waals surface area contributed by atoms with E-state index in [0.29, 0.717) is 0 Å². The number of rotatable bonds is 2. The lowest BCUT2D eigenvalue weighted by molar-refractivity contribution is -0.122. The van der Waals surface area contributed by atoms with E-state index in [1.807, 2.05) is 13.8 Å². The molecule has 1 atom stereocenters. The topological polar surface area (TPSA) is 43.1 Å². The molecule has 0 spiro atoms. The first-order valence-corrected chi connectivity index (χ1v) is 2.85. The van der Waals surface area contributed by atoms with Crippen molar-refractivity contribution in [2.75, 3.05) is 0 Å². The van der Waals surface area contributed by atoms with E-state index in [2.05, 4.69) is 0 Å². The van der Waals surface area contributed by atoms with Gasteiger partial charge in [0.15, 0.2) is 5.78 Å². The molecule has 0 heterocycles. The Labute approximate surface area is 57.4 Å². The van der Waals surface area contributed by atoms with Crippen LogP contribution in [0.3, 0.4) is 0 Å². The molecule has 0 rings (SSSR count). The van der Waals surface area contributed by atoms with Crippen LogP contribution in [0.1, 0.15) is 28.2 Å². The Hall–Kier alpha value is -0.370. The van der Waals surface area contributed by atoms with Crippen LogP contribution in [0.4, 0.5) is 0 Å². The van der Waals surface area contributed by atoms with Gasteiger partial charge in [0.05, 0.1) is 6.04 Å². The second-order valence-electron chi connectivity index (χ2n) is 2.35. The summed E-state index contributed by atoms with van der Waals surface area (Å²) in [6.07, 6.45) is 0. The third-order valence-electron chi connectivity index (χ3n) is 1.02. The molecule has 56 valence electrons. The van der Waals surface area contributed by atoms with Gasteiger partial charge in [-0.1, -0.05) is 21.3 Å². The van der Waals surface area contributed by atoms with Gasteiger partial charge < -0.3 is 5.73 Å². The second-order valence-corrected chi connectivity index (χ2v) is 2.35. The van der Waals surface area contributed by atoms with Crippen LogP contribution < -0.4 is 5.73 Å². The maximum absolute atomic E-state index is 10.7. The van der Waals surface area contributed by atoms with Gasteiger partial charge in [-0.15, -0.1) is 0 Å². The quantitative estimate of drug-likeness (QED) is 0.611. The maximum Gasteiger partial charge on any atom is 0.151 e. The summed E-state index contributed by atoms with van der Waals surface area (Å²) < 4.78 is 0. The van der Waals surface area contributed by atoms with Crippen molar-refractivity contribution in [1.29, 1.82) is 0 Å². The molecule has 0 aromatic carbocycles. The van der Waals surface area contributed by atoms with Crippen molar-refractivity contribution in [3.8, 4) is 0 Å².